The first-order chi connectivity index (χ1) is 12.0. The lowest BCUT2D eigenvalue weighted by atomic mass is 10.1. The van der Waals surface area contributed by atoms with Crippen molar-refractivity contribution >= 4 is 22.6 Å². The molecule has 0 atom stereocenters. The highest BCUT2D eigenvalue weighted by molar-refractivity contribution is 6.06. The van der Waals surface area contributed by atoms with Crippen LogP contribution in [-0.2, 0) is 0 Å². The first-order valence-corrected chi connectivity index (χ1v) is 7.31. The molecule has 1 aromatic heterocycles. The summed E-state index contributed by atoms with van der Waals surface area (Å²) in [6, 6.07) is 9.58. The second-order valence-corrected chi connectivity index (χ2v) is 5.19. The van der Waals surface area contributed by atoms with Crippen molar-refractivity contribution < 1.29 is 14.3 Å². The topological polar surface area (TPSA) is 113 Å². The van der Waals surface area contributed by atoms with E-state index < -0.39 is 11.1 Å². The Balaban J connectivity index is 1.91. The standard InChI is InChI=1S/C17H15N3O5/c1-24-13-6-4-10(8-14(13)25-2)18-15(21)9-3-5-11-12(7-9)20-17(23)16(22)19-11/h3-8H,1-2H3,(H,18,21)(H,19,22)(H,20,23). The third-order valence-electron chi connectivity index (χ3n) is 3.63. The van der Waals surface area contributed by atoms with Gasteiger partial charge in [-0.25, -0.2) is 0 Å². The molecule has 3 N–H and O–H groups in total. The fraction of sp³-hybridized carbons (Fsp3) is 0.118. The van der Waals surface area contributed by atoms with Gasteiger partial charge in [0, 0.05) is 17.3 Å². The summed E-state index contributed by atoms with van der Waals surface area (Å²) in [5.74, 6) is 0.662. The van der Waals surface area contributed by atoms with E-state index in [0.717, 1.165) is 0 Å². The number of H-pyrrole nitrogens is 2. The Morgan fingerprint density at radius 2 is 1.56 bits per heavy atom. The van der Waals surface area contributed by atoms with Gasteiger partial charge in [0.2, 0.25) is 0 Å². The maximum absolute atomic E-state index is 12.4. The van der Waals surface area contributed by atoms with Gasteiger partial charge >= 0.3 is 11.1 Å². The highest BCUT2D eigenvalue weighted by atomic mass is 16.5. The van der Waals surface area contributed by atoms with Crippen LogP contribution in [-0.4, -0.2) is 30.1 Å². The van der Waals surface area contributed by atoms with Gasteiger partial charge in [0.15, 0.2) is 11.5 Å². The third-order valence-corrected chi connectivity index (χ3v) is 3.63. The van der Waals surface area contributed by atoms with Crippen LogP contribution in [0.3, 0.4) is 0 Å². The van der Waals surface area contributed by atoms with Crippen molar-refractivity contribution in [3.05, 3.63) is 62.7 Å². The van der Waals surface area contributed by atoms with Crippen LogP contribution < -0.4 is 25.9 Å². The van der Waals surface area contributed by atoms with E-state index in [1.54, 1.807) is 30.3 Å². The number of hydrogen-bond donors (Lipinski definition) is 3. The zero-order valence-corrected chi connectivity index (χ0v) is 13.5. The summed E-state index contributed by atoms with van der Waals surface area (Å²) in [6.07, 6.45) is 0. The molecule has 0 bridgehead atoms. The van der Waals surface area contributed by atoms with Gasteiger partial charge in [-0.1, -0.05) is 0 Å². The predicted molar refractivity (Wildman–Crippen MR) is 92.7 cm³/mol. The molecule has 0 radical (unpaired) electrons. The van der Waals surface area contributed by atoms with E-state index >= 15 is 0 Å². The molecule has 1 heterocycles. The van der Waals surface area contributed by atoms with Crippen molar-refractivity contribution in [2.24, 2.45) is 0 Å². The number of ether oxygens (including phenoxy) is 2. The number of nitrogens with one attached hydrogen (secondary N) is 3. The van der Waals surface area contributed by atoms with Crippen LogP contribution in [0.2, 0.25) is 0 Å². The van der Waals surface area contributed by atoms with Crippen molar-refractivity contribution in [2.45, 2.75) is 0 Å². The summed E-state index contributed by atoms with van der Waals surface area (Å²) < 4.78 is 10.3. The Hall–Kier alpha value is -3.55. The second kappa shape index (κ2) is 6.52. The summed E-state index contributed by atoms with van der Waals surface area (Å²) >= 11 is 0. The average Bonchev–Trinajstić information content (AvgIpc) is 2.62. The largest absolute Gasteiger partial charge is 0.493 e. The van der Waals surface area contributed by atoms with Gasteiger partial charge < -0.3 is 24.8 Å². The number of aromatic nitrogens is 2. The fourth-order valence-electron chi connectivity index (χ4n) is 2.37. The molecule has 0 saturated carbocycles. The molecule has 0 aliphatic heterocycles. The third kappa shape index (κ3) is 3.23. The first kappa shape index (κ1) is 16.3. The molecule has 8 heteroatoms. The highest BCUT2D eigenvalue weighted by Crippen LogP contribution is 2.29. The smallest absolute Gasteiger partial charge is 0.314 e. The maximum Gasteiger partial charge on any atom is 0.314 e. The molecule has 3 aromatic rings. The number of carbonyl (C=O) groups is 1. The Morgan fingerprint density at radius 3 is 2.24 bits per heavy atom. The number of methoxy groups -OCH3 is 2. The Morgan fingerprint density at radius 1 is 0.880 bits per heavy atom. The summed E-state index contributed by atoms with van der Waals surface area (Å²) in [7, 11) is 3.03. The molecule has 0 aliphatic rings. The summed E-state index contributed by atoms with van der Waals surface area (Å²) in [6.45, 7) is 0. The zero-order valence-electron chi connectivity index (χ0n) is 13.5. The monoisotopic (exact) mass is 341 g/mol. The van der Waals surface area contributed by atoms with Crippen LogP contribution in [0, 0.1) is 0 Å². The predicted octanol–water partition coefficient (Wildman–Crippen LogP) is 1.49. The highest BCUT2D eigenvalue weighted by Gasteiger charge is 2.10. The molecule has 3 rings (SSSR count). The molecule has 0 unspecified atom stereocenters. The van der Waals surface area contributed by atoms with E-state index in [0.29, 0.717) is 33.8 Å². The molecule has 0 aliphatic carbocycles. The molecule has 8 nitrogen and oxygen atoms in total. The molecule has 25 heavy (non-hydrogen) atoms. The lowest BCUT2D eigenvalue weighted by molar-refractivity contribution is 0.102. The summed E-state index contributed by atoms with van der Waals surface area (Å²) in [5, 5.41) is 2.74. The van der Waals surface area contributed by atoms with Crippen LogP contribution in [0.25, 0.3) is 11.0 Å². The van der Waals surface area contributed by atoms with Crippen LogP contribution in [0.15, 0.2) is 46.0 Å². The minimum atomic E-state index is -0.773. The van der Waals surface area contributed by atoms with Gasteiger partial charge in [-0.15, -0.1) is 0 Å². The van der Waals surface area contributed by atoms with Gasteiger partial charge in [-0.05, 0) is 30.3 Å². The number of fused-ring (bicyclic) bond motifs is 1. The van der Waals surface area contributed by atoms with Crippen molar-refractivity contribution in [2.75, 3.05) is 19.5 Å². The quantitative estimate of drug-likeness (QED) is 0.622. The zero-order chi connectivity index (χ0) is 18.0. The number of amides is 1. The van der Waals surface area contributed by atoms with Gasteiger partial charge in [0.25, 0.3) is 5.91 Å². The van der Waals surface area contributed by atoms with Crippen LogP contribution in [0.1, 0.15) is 10.4 Å². The maximum atomic E-state index is 12.4. The Bertz CT molecular complexity index is 1070. The normalized spacial score (nSPS) is 10.5. The Labute approximate surface area is 141 Å². The number of rotatable bonds is 4. The van der Waals surface area contributed by atoms with Gasteiger partial charge in [-0.3, -0.25) is 14.4 Å². The molecule has 1 amide bonds. The second-order valence-electron chi connectivity index (χ2n) is 5.19. The lowest BCUT2D eigenvalue weighted by Gasteiger charge is -2.11. The van der Waals surface area contributed by atoms with Crippen molar-refractivity contribution in [3.8, 4) is 11.5 Å². The number of benzene rings is 2. The van der Waals surface area contributed by atoms with E-state index in [2.05, 4.69) is 15.3 Å². The van der Waals surface area contributed by atoms with Gasteiger partial charge in [-0.2, -0.15) is 0 Å². The van der Waals surface area contributed by atoms with Gasteiger partial charge in [0.05, 0.1) is 25.3 Å². The SMILES string of the molecule is COc1ccc(NC(=O)c2ccc3[nH]c(=O)c(=O)[nH]c3c2)cc1OC. The van der Waals surface area contributed by atoms with E-state index in [1.165, 1.54) is 20.3 Å². The van der Waals surface area contributed by atoms with E-state index in [4.69, 9.17) is 9.47 Å². The summed E-state index contributed by atoms with van der Waals surface area (Å²) in [5.41, 5.74) is 0.138. The molecule has 0 saturated heterocycles. The molecule has 0 spiro atoms. The van der Waals surface area contributed by atoms with Crippen LogP contribution in [0.5, 0.6) is 11.5 Å². The van der Waals surface area contributed by atoms with E-state index in [9.17, 15) is 14.4 Å². The van der Waals surface area contributed by atoms with Crippen molar-refractivity contribution in [3.63, 3.8) is 0 Å². The molecular weight excluding hydrogens is 326 g/mol. The number of anilines is 1. The molecular formula is C17H15N3O5. The summed E-state index contributed by atoms with van der Waals surface area (Å²) in [4.78, 5) is 40.0. The van der Waals surface area contributed by atoms with E-state index in [-0.39, 0.29) is 5.91 Å². The molecule has 128 valence electrons. The number of aromatic amines is 2. The van der Waals surface area contributed by atoms with Crippen LogP contribution >= 0.6 is 0 Å². The van der Waals surface area contributed by atoms with Crippen molar-refractivity contribution in [1.29, 1.82) is 0 Å². The Kier molecular flexibility index (Phi) is 4.25. The van der Waals surface area contributed by atoms with Crippen LogP contribution in [0.4, 0.5) is 5.69 Å². The molecule has 2 aromatic carbocycles. The number of hydrogen-bond acceptors (Lipinski definition) is 5. The lowest BCUT2D eigenvalue weighted by Crippen LogP contribution is -2.29. The van der Waals surface area contributed by atoms with E-state index in [1.807, 2.05) is 0 Å². The number of carbonyl (C=O) groups excluding carboxylic acids is 1. The van der Waals surface area contributed by atoms with Gasteiger partial charge in [0.1, 0.15) is 0 Å². The molecule has 0 fully saturated rings. The minimum Gasteiger partial charge on any atom is -0.493 e. The average molecular weight is 341 g/mol. The first-order valence-electron chi connectivity index (χ1n) is 7.31. The minimum absolute atomic E-state index is 0.324. The fourth-order valence-corrected chi connectivity index (χ4v) is 2.37. The van der Waals surface area contributed by atoms with Crippen molar-refractivity contribution in [1.82, 2.24) is 9.97 Å².